The third kappa shape index (κ3) is 3.72. The second-order valence-electron chi connectivity index (χ2n) is 7.60. The summed E-state index contributed by atoms with van der Waals surface area (Å²) in [5, 5.41) is 2.63. The average molecular weight is 417 g/mol. The molecule has 0 aromatic heterocycles. The summed E-state index contributed by atoms with van der Waals surface area (Å²) in [6.45, 7) is 0.713. The molecule has 4 rings (SSSR count). The molecule has 3 amide bonds. The van der Waals surface area contributed by atoms with Crippen molar-refractivity contribution in [2.45, 2.75) is 30.6 Å². The zero-order chi connectivity index (χ0) is 20.6. The van der Waals surface area contributed by atoms with E-state index in [0.29, 0.717) is 31.6 Å². The van der Waals surface area contributed by atoms with Crippen LogP contribution in [0.25, 0.3) is 0 Å². The first-order chi connectivity index (χ1) is 13.9. The molecule has 0 bridgehead atoms. The molecule has 3 aliphatic rings. The number of hydrogen-bond acceptors (Lipinski definition) is 5. The third-order valence-corrected chi connectivity index (χ3v) is 7.65. The van der Waals surface area contributed by atoms with E-state index in [1.54, 1.807) is 0 Å². The van der Waals surface area contributed by atoms with Crippen molar-refractivity contribution in [3.63, 3.8) is 0 Å². The van der Waals surface area contributed by atoms with Crippen molar-refractivity contribution in [3.05, 3.63) is 36.4 Å². The molecule has 9 heteroatoms. The molecule has 0 spiro atoms. The molecule has 2 fully saturated rings. The van der Waals surface area contributed by atoms with Crippen molar-refractivity contribution >= 4 is 33.4 Å². The Kier molecular flexibility index (Phi) is 5.26. The van der Waals surface area contributed by atoms with Gasteiger partial charge in [0.1, 0.15) is 6.54 Å². The molecule has 0 saturated carbocycles. The van der Waals surface area contributed by atoms with Gasteiger partial charge < -0.3 is 5.32 Å². The van der Waals surface area contributed by atoms with Crippen LogP contribution in [-0.2, 0) is 24.4 Å². The van der Waals surface area contributed by atoms with Crippen LogP contribution in [0.3, 0.4) is 0 Å². The van der Waals surface area contributed by atoms with Gasteiger partial charge >= 0.3 is 0 Å². The Balaban J connectivity index is 1.39. The highest BCUT2D eigenvalue weighted by molar-refractivity contribution is 7.89. The summed E-state index contributed by atoms with van der Waals surface area (Å²) in [6.07, 6.45) is 6.57. The average Bonchev–Trinajstić information content (AvgIpc) is 3.34. The fourth-order valence-corrected chi connectivity index (χ4v) is 5.67. The molecule has 0 unspecified atom stereocenters. The Morgan fingerprint density at radius 3 is 2.07 bits per heavy atom. The minimum absolute atomic E-state index is 0.180. The predicted octanol–water partition coefficient (Wildman–Crippen LogP) is 1.36. The number of anilines is 1. The second kappa shape index (κ2) is 7.72. The molecule has 1 aromatic carbocycles. The van der Waals surface area contributed by atoms with Gasteiger partial charge in [-0.3, -0.25) is 19.3 Å². The Labute approximate surface area is 169 Å². The molecule has 1 aromatic rings. The summed E-state index contributed by atoms with van der Waals surface area (Å²) in [5.74, 6) is -1.82. The van der Waals surface area contributed by atoms with Gasteiger partial charge in [-0.15, -0.1) is 0 Å². The minimum Gasteiger partial charge on any atom is -0.325 e. The summed E-state index contributed by atoms with van der Waals surface area (Å²) < 4.78 is 26.5. The quantitative estimate of drug-likeness (QED) is 0.576. The summed E-state index contributed by atoms with van der Waals surface area (Å²) in [4.78, 5) is 38.4. The van der Waals surface area contributed by atoms with Gasteiger partial charge in [0, 0.05) is 18.8 Å². The lowest BCUT2D eigenvalue weighted by molar-refractivity contribution is -0.142. The van der Waals surface area contributed by atoms with E-state index >= 15 is 0 Å². The first-order valence-corrected chi connectivity index (χ1v) is 11.2. The molecular weight excluding hydrogens is 394 g/mol. The molecule has 2 saturated heterocycles. The van der Waals surface area contributed by atoms with Crippen LogP contribution in [0.1, 0.15) is 25.7 Å². The van der Waals surface area contributed by atoms with Crippen molar-refractivity contribution in [1.82, 2.24) is 9.21 Å². The molecule has 2 atom stereocenters. The number of rotatable bonds is 5. The number of likely N-dealkylation sites (tertiary alicyclic amines) is 1. The van der Waals surface area contributed by atoms with Gasteiger partial charge in [-0.2, -0.15) is 4.31 Å². The summed E-state index contributed by atoms with van der Waals surface area (Å²) in [7, 11) is -3.51. The number of carbonyl (C=O) groups is 3. The highest BCUT2D eigenvalue weighted by atomic mass is 32.2. The van der Waals surface area contributed by atoms with Gasteiger partial charge in [0.25, 0.3) is 0 Å². The number of nitrogens with zero attached hydrogens (tertiary/aromatic N) is 2. The number of fused-ring (bicyclic) bond motifs is 1. The number of nitrogens with one attached hydrogen (secondary N) is 1. The highest BCUT2D eigenvalue weighted by Gasteiger charge is 2.47. The SMILES string of the molecule is O=C(CN1C(=O)[C@@H]2CC=CC[C@H]2C1=O)Nc1ccc(S(=O)(=O)N2CCCC2)cc1. The number of sulfonamides is 1. The normalized spacial score (nSPS) is 24.8. The first-order valence-electron chi connectivity index (χ1n) is 9.78. The zero-order valence-electron chi connectivity index (χ0n) is 15.9. The van der Waals surface area contributed by atoms with E-state index < -0.39 is 15.9 Å². The van der Waals surface area contributed by atoms with Crippen LogP contribution in [0.5, 0.6) is 0 Å². The van der Waals surface area contributed by atoms with Crippen LogP contribution in [-0.4, -0.2) is 55.0 Å². The number of amides is 3. The van der Waals surface area contributed by atoms with Crippen LogP contribution in [0.15, 0.2) is 41.3 Å². The van der Waals surface area contributed by atoms with Gasteiger partial charge in [-0.05, 0) is 49.9 Å². The lowest BCUT2D eigenvalue weighted by atomic mass is 9.85. The molecule has 154 valence electrons. The monoisotopic (exact) mass is 417 g/mol. The van der Waals surface area contributed by atoms with Crippen molar-refractivity contribution in [2.75, 3.05) is 25.0 Å². The maximum absolute atomic E-state index is 12.5. The summed E-state index contributed by atoms with van der Waals surface area (Å²) in [5.41, 5.74) is 0.411. The van der Waals surface area contributed by atoms with Gasteiger partial charge in [-0.25, -0.2) is 8.42 Å². The Hall–Kier alpha value is -2.52. The van der Waals surface area contributed by atoms with Crippen LogP contribution >= 0.6 is 0 Å². The molecule has 0 radical (unpaired) electrons. The predicted molar refractivity (Wildman–Crippen MR) is 105 cm³/mol. The Morgan fingerprint density at radius 1 is 0.966 bits per heavy atom. The van der Waals surface area contributed by atoms with Crippen LogP contribution in [0.2, 0.25) is 0 Å². The van der Waals surface area contributed by atoms with Crippen LogP contribution in [0, 0.1) is 11.8 Å². The zero-order valence-corrected chi connectivity index (χ0v) is 16.7. The second-order valence-corrected chi connectivity index (χ2v) is 9.54. The molecule has 1 N–H and O–H groups in total. The number of imide groups is 1. The molecular formula is C20H23N3O5S. The topological polar surface area (TPSA) is 104 Å². The fraction of sp³-hybridized carbons (Fsp3) is 0.450. The van der Waals surface area contributed by atoms with Crippen molar-refractivity contribution in [3.8, 4) is 0 Å². The maximum Gasteiger partial charge on any atom is 0.244 e. The van der Waals surface area contributed by atoms with Crippen molar-refractivity contribution < 1.29 is 22.8 Å². The van der Waals surface area contributed by atoms with Gasteiger partial charge in [0.05, 0.1) is 16.7 Å². The third-order valence-electron chi connectivity index (χ3n) is 5.74. The van der Waals surface area contributed by atoms with Gasteiger partial charge in [0.2, 0.25) is 27.7 Å². The summed E-state index contributed by atoms with van der Waals surface area (Å²) in [6, 6.07) is 5.93. The minimum atomic E-state index is -3.51. The summed E-state index contributed by atoms with van der Waals surface area (Å²) >= 11 is 0. The van der Waals surface area contributed by atoms with Crippen molar-refractivity contribution in [2.24, 2.45) is 11.8 Å². The molecule has 2 heterocycles. The first kappa shape index (κ1) is 19.8. The fourth-order valence-electron chi connectivity index (χ4n) is 4.16. The lowest BCUT2D eigenvalue weighted by Crippen LogP contribution is -2.38. The number of hydrogen-bond donors (Lipinski definition) is 1. The molecule has 2 aliphatic heterocycles. The van der Waals surface area contributed by atoms with Gasteiger partial charge in [0.15, 0.2) is 0 Å². The Bertz CT molecular complexity index is 938. The smallest absolute Gasteiger partial charge is 0.244 e. The number of allylic oxidation sites excluding steroid dienone is 2. The molecule has 1 aliphatic carbocycles. The number of benzene rings is 1. The van der Waals surface area contributed by atoms with E-state index in [1.807, 2.05) is 12.2 Å². The van der Waals surface area contributed by atoms with Crippen LogP contribution in [0.4, 0.5) is 5.69 Å². The lowest BCUT2D eigenvalue weighted by Gasteiger charge is -2.16. The van der Waals surface area contributed by atoms with Crippen molar-refractivity contribution in [1.29, 1.82) is 0 Å². The maximum atomic E-state index is 12.5. The molecule has 29 heavy (non-hydrogen) atoms. The van der Waals surface area contributed by atoms with E-state index in [4.69, 9.17) is 0 Å². The number of carbonyl (C=O) groups excluding carboxylic acids is 3. The standard InChI is InChI=1S/C20H23N3O5S/c24-18(13-23-19(25)16-5-1-2-6-17(16)20(23)26)21-14-7-9-15(10-8-14)29(27,28)22-11-3-4-12-22/h1-2,7-10,16-17H,3-6,11-13H2,(H,21,24)/t16-,17-/m1/s1. The van der Waals surface area contributed by atoms with E-state index in [2.05, 4.69) is 5.32 Å². The highest BCUT2D eigenvalue weighted by Crippen LogP contribution is 2.34. The van der Waals surface area contributed by atoms with E-state index in [9.17, 15) is 22.8 Å². The molecule has 8 nitrogen and oxygen atoms in total. The van der Waals surface area contributed by atoms with E-state index in [0.717, 1.165) is 17.7 Å². The van der Waals surface area contributed by atoms with Gasteiger partial charge in [-0.1, -0.05) is 12.2 Å². The Morgan fingerprint density at radius 2 is 1.52 bits per heavy atom. The van der Waals surface area contributed by atoms with Crippen LogP contribution < -0.4 is 5.32 Å². The van der Waals surface area contributed by atoms with E-state index in [-0.39, 0.29) is 35.1 Å². The van der Waals surface area contributed by atoms with E-state index in [1.165, 1.54) is 28.6 Å². The largest absolute Gasteiger partial charge is 0.325 e.